The SMILES string of the molecule is CC(CO)NS(=O)(=O)c1cc(Cl)cc(C(=O)O)c1F. The fourth-order valence-electron chi connectivity index (χ4n) is 1.28. The number of rotatable bonds is 5. The van der Waals surface area contributed by atoms with Crippen molar-refractivity contribution in [3.05, 3.63) is 28.5 Å². The van der Waals surface area contributed by atoms with Crippen molar-refractivity contribution in [2.24, 2.45) is 0 Å². The zero-order valence-corrected chi connectivity index (χ0v) is 11.3. The molecular weight excluding hydrogens is 301 g/mol. The van der Waals surface area contributed by atoms with Crippen molar-refractivity contribution in [1.29, 1.82) is 0 Å². The molecule has 0 aliphatic carbocycles. The molecule has 0 saturated heterocycles. The van der Waals surface area contributed by atoms with E-state index in [9.17, 15) is 17.6 Å². The third-order valence-corrected chi connectivity index (χ3v) is 3.96. The van der Waals surface area contributed by atoms with Crippen molar-refractivity contribution < 1.29 is 27.8 Å². The Bertz CT molecular complexity index is 604. The van der Waals surface area contributed by atoms with Crippen LogP contribution in [0.1, 0.15) is 17.3 Å². The number of aliphatic hydroxyl groups excluding tert-OH is 1. The van der Waals surface area contributed by atoms with Gasteiger partial charge >= 0.3 is 5.97 Å². The highest BCUT2D eigenvalue weighted by Crippen LogP contribution is 2.24. The molecule has 0 bridgehead atoms. The van der Waals surface area contributed by atoms with E-state index >= 15 is 0 Å². The number of hydrogen-bond acceptors (Lipinski definition) is 4. The molecule has 1 aromatic carbocycles. The van der Waals surface area contributed by atoms with Crippen LogP contribution in [0.5, 0.6) is 0 Å². The summed E-state index contributed by atoms with van der Waals surface area (Å²) >= 11 is 5.57. The van der Waals surface area contributed by atoms with E-state index in [-0.39, 0.29) is 5.02 Å². The molecule has 0 fully saturated rings. The summed E-state index contributed by atoms with van der Waals surface area (Å²) < 4.78 is 39.5. The maximum atomic E-state index is 13.8. The number of carbonyl (C=O) groups is 1. The minimum atomic E-state index is -4.31. The first-order valence-corrected chi connectivity index (χ1v) is 6.90. The lowest BCUT2D eigenvalue weighted by atomic mass is 10.2. The van der Waals surface area contributed by atoms with Crippen molar-refractivity contribution in [2.75, 3.05) is 6.61 Å². The van der Waals surface area contributed by atoms with Gasteiger partial charge in [-0.05, 0) is 19.1 Å². The van der Waals surface area contributed by atoms with Gasteiger partial charge in [0.1, 0.15) is 4.90 Å². The van der Waals surface area contributed by atoms with Crippen LogP contribution in [-0.2, 0) is 10.0 Å². The summed E-state index contributed by atoms with van der Waals surface area (Å²) in [4.78, 5) is 9.90. The summed E-state index contributed by atoms with van der Waals surface area (Å²) in [6.07, 6.45) is 0. The number of nitrogens with one attached hydrogen (secondary N) is 1. The number of hydrogen-bond donors (Lipinski definition) is 3. The average Bonchev–Trinajstić information content (AvgIpc) is 2.30. The largest absolute Gasteiger partial charge is 0.478 e. The third-order valence-electron chi connectivity index (χ3n) is 2.15. The van der Waals surface area contributed by atoms with Crippen molar-refractivity contribution in [3.63, 3.8) is 0 Å². The molecule has 6 nitrogen and oxygen atoms in total. The predicted octanol–water partition coefficient (Wildman–Crippen LogP) is 0.836. The van der Waals surface area contributed by atoms with Gasteiger partial charge in [-0.2, -0.15) is 0 Å². The van der Waals surface area contributed by atoms with Crippen LogP contribution in [0, 0.1) is 5.82 Å². The third kappa shape index (κ3) is 3.63. The quantitative estimate of drug-likeness (QED) is 0.747. The standard InChI is InChI=1S/C10H11ClFNO5S/c1-5(4-14)13-19(17,18)8-3-6(11)2-7(9(8)12)10(15)16/h2-3,5,13-14H,4H2,1H3,(H,15,16). The lowest BCUT2D eigenvalue weighted by Crippen LogP contribution is -2.35. The Labute approximate surface area is 113 Å². The van der Waals surface area contributed by atoms with Gasteiger partial charge in [0.25, 0.3) is 0 Å². The van der Waals surface area contributed by atoms with Gasteiger partial charge in [0.05, 0.1) is 12.2 Å². The first kappa shape index (κ1) is 15.8. The van der Waals surface area contributed by atoms with Crippen LogP contribution in [0.15, 0.2) is 17.0 Å². The van der Waals surface area contributed by atoms with Crippen LogP contribution in [-0.4, -0.2) is 37.2 Å². The second-order valence-electron chi connectivity index (χ2n) is 3.78. The number of aromatic carboxylic acids is 1. The molecule has 0 amide bonds. The normalized spacial score (nSPS) is 13.3. The summed E-state index contributed by atoms with van der Waals surface area (Å²) in [6.45, 7) is 0.866. The van der Waals surface area contributed by atoms with Gasteiger partial charge in [0.15, 0.2) is 5.82 Å². The molecule has 19 heavy (non-hydrogen) atoms. The molecule has 1 unspecified atom stereocenters. The van der Waals surface area contributed by atoms with Crippen molar-refractivity contribution in [1.82, 2.24) is 4.72 Å². The smallest absolute Gasteiger partial charge is 0.338 e. The van der Waals surface area contributed by atoms with E-state index in [4.69, 9.17) is 21.8 Å². The predicted molar refractivity (Wildman–Crippen MR) is 65.2 cm³/mol. The van der Waals surface area contributed by atoms with E-state index in [2.05, 4.69) is 0 Å². The summed E-state index contributed by atoms with van der Waals surface area (Å²) in [5.41, 5.74) is -0.843. The van der Waals surface area contributed by atoms with Crippen LogP contribution in [0.3, 0.4) is 0 Å². The van der Waals surface area contributed by atoms with Gasteiger partial charge in [-0.3, -0.25) is 0 Å². The van der Waals surface area contributed by atoms with Crippen LogP contribution in [0.25, 0.3) is 0 Å². The highest BCUT2D eigenvalue weighted by molar-refractivity contribution is 7.89. The fraction of sp³-hybridized carbons (Fsp3) is 0.300. The number of aliphatic hydroxyl groups is 1. The molecule has 0 aliphatic rings. The van der Waals surface area contributed by atoms with Gasteiger partial charge in [-0.25, -0.2) is 22.3 Å². The molecule has 0 heterocycles. The Morgan fingerprint density at radius 1 is 1.53 bits per heavy atom. The summed E-state index contributed by atoms with van der Waals surface area (Å²) in [7, 11) is -4.31. The molecule has 1 aromatic rings. The Morgan fingerprint density at radius 3 is 2.58 bits per heavy atom. The Morgan fingerprint density at radius 2 is 2.11 bits per heavy atom. The van der Waals surface area contributed by atoms with Crippen molar-refractivity contribution in [3.8, 4) is 0 Å². The highest BCUT2D eigenvalue weighted by atomic mass is 35.5. The number of benzene rings is 1. The molecule has 0 spiro atoms. The minimum Gasteiger partial charge on any atom is -0.478 e. The summed E-state index contributed by atoms with van der Waals surface area (Å²) in [5.74, 6) is -3.04. The molecule has 1 atom stereocenters. The topological polar surface area (TPSA) is 104 Å². The van der Waals surface area contributed by atoms with E-state index in [1.165, 1.54) is 6.92 Å². The number of halogens is 2. The molecule has 1 rings (SSSR count). The highest BCUT2D eigenvalue weighted by Gasteiger charge is 2.26. The average molecular weight is 312 g/mol. The zero-order valence-electron chi connectivity index (χ0n) is 9.72. The Balaban J connectivity index is 3.39. The van der Waals surface area contributed by atoms with Crippen LogP contribution < -0.4 is 4.72 Å². The number of carboxylic acids is 1. The molecular formula is C10H11ClFNO5S. The second-order valence-corrected chi connectivity index (χ2v) is 5.89. The van der Waals surface area contributed by atoms with Gasteiger partial charge in [-0.1, -0.05) is 11.6 Å². The maximum absolute atomic E-state index is 13.8. The zero-order chi connectivity index (χ0) is 14.8. The molecule has 3 N–H and O–H groups in total. The maximum Gasteiger partial charge on any atom is 0.338 e. The molecule has 0 saturated carbocycles. The second kappa shape index (κ2) is 5.83. The van der Waals surface area contributed by atoms with E-state index in [1.807, 2.05) is 4.72 Å². The number of carboxylic acid groups (broad SMARTS) is 1. The van der Waals surface area contributed by atoms with E-state index in [0.29, 0.717) is 0 Å². The Hall–Kier alpha value is -1.22. The summed E-state index contributed by atoms with van der Waals surface area (Å²) in [6, 6.07) is 0.764. The molecule has 0 radical (unpaired) electrons. The van der Waals surface area contributed by atoms with E-state index < -0.39 is 44.9 Å². The van der Waals surface area contributed by atoms with Gasteiger partial charge in [0, 0.05) is 11.1 Å². The fourth-order valence-corrected chi connectivity index (χ4v) is 2.92. The molecule has 0 aliphatic heterocycles. The molecule has 0 aromatic heterocycles. The first-order valence-electron chi connectivity index (χ1n) is 5.04. The van der Waals surface area contributed by atoms with Crippen LogP contribution in [0.4, 0.5) is 4.39 Å². The monoisotopic (exact) mass is 311 g/mol. The van der Waals surface area contributed by atoms with Gasteiger partial charge in [0.2, 0.25) is 10.0 Å². The van der Waals surface area contributed by atoms with Gasteiger partial charge in [-0.15, -0.1) is 0 Å². The minimum absolute atomic E-state index is 0.226. The van der Waals surface area contributed by atoms with Crippen LogP contribution in [0.2, 0.25) is 5.02 Å². The van der Waals surface area contributed by atoms with Crippen LogP contribution >= 0.6 is 11.6 Å². The van der Waals surface area contributed by atoms with Crippen molar-refractivity contribution in [2.45, 2.75) is 17.9 Å². The summed E-state index contributed by atoms with van der Waals surface area (Å²) in [5, 5.41) is 17.3. The van der Waals surface area contributed by atoms with E-state index in [0.717, 1.165) is 12.1 Å². The molecule has 9 heteroatoms. The van der Waals surface area contributed by atoms with E-state index in [1.54, 1.807) is 0 Å². The number of sulfonamides is 1. The first-order chi connectivity index (χ1) is 8.69. The molecule has 106 valence electrons. The van der Waals surface area contributed by atoms with Crippen molar-refractivity contribution >= 4 is 27.6 Å². The Kier molecular flexibility index (Phi) is 4.86. The lowest BCUT2D eigenvalue weighted by Gasteiger charge is -2.13. The lowest BCUT2D eigenvalue weighted by molar-refractivity contribution is 0.0691. The van der Waals surface area contributed by atoms with Gasteiger partial charge < -0.3 is 10.2 Å².